The Labute approximate surface area is 138 Å². The minimum Gasteiger partial charge on any atom is -0.481 e. The molecule has 0 saturated carbocycles. The van der Waals surface area contributed by atoms with Crippen LogP contribution in [0.1, 0.15) is 6.92 Å². The van der Waals surface area contributed by atoms with Crippen LogP contribution in [0, 0.1) is 5.92 Å². The largest absolute Gasteiger partial charge is 0.481 e. The van der Waals surface area contributed by atoms with E-state index in [9.17, 15) is 9.59 Å². The van der Waals surface area contributed by atoms with E-state index in [1.165, 1.54) is 31.1 Å². The van der Waals surface area contributed by atoms with Gasteiger partial charge in [0.25, 0.3) is 0 Å². The van der Waals surface area contributed by atoms with E-state index in [1.54, 1.807) is 0 Å². The number of carboxylic acid groups (broad SMARTS) is 1. The minimum absolute atomic E-state index is 0.118. The fraction of sp³-hybridized carbons (Fsp3) is 0.462. The number of halogens is 2. The van der Waals surface area contributed by atoms with Crippen LogP contribution in [0.5, 0.6) is 5.88 Å². The van der Waals surface area contributed by atoms with Gasteiger partial charge in [-0.15, -0.1) is 0 Å². The van der Waals surface area contributed by atoms with Crippen LogP contribution >= 0.6 is 23.2 Å². The van der Waals surface area contributed by atoms with Crippen molar-refractivity contribution in [2.45, 2.75) is 6.92 Å². The Kier molecular flexibility index (Phi) is 7.20. The molecule has 0 spiro atoms. The van der Waals surface area contributed by atoms with Gasteiger partial charge < -0.3 is 20.1 Å². The molecular formula is C13H17Cl2N3O4. The molecule has 0 fully saturated rings. The Morgan fingerprint density at radius 3 is 2.77 bits per heavy atom. The van der Waals surface area contributed by atoms with Gasteiger partial charge in [-0.1, -0.05) is 30.1 Å². The van der Waals surface area contributed by atoms with E-state index in [4.69, 9.17) is 33.0 Å². The second-order valence-corrected chi connectivity index (χ2v) is 5.48. The van der Waals surface area contributed by atoms with Crippen molar-refractivity contribution < 1.29 is 19.4 Å². The third-order valence-electron chi connectivity index (χ3n) is 2.71. The third-order valence-corrected chi connectivity index (χ3v) is 3.18. The Bertz CT molecular complexity index is 542. The highest BCUT2D eigenvalue weighted by atomic mass is 35.5. The number of urea groups is 1. The lowest BCUT2D eigenvalue weighted by Gasteiger charge is -2.20. The first-order chi connectivity index (χ1) is 10.3. The van der Waals surface area contributed by atoms with Crippen LogP contribution in [0.2, 0.25) is 10.0 Å². The number of nitrogens with zero attached hydrogens (tertiary/aromatic N) is 2. The number of rotatable bonds is 7. The van der Waals surface area contributed by atoms with Crippen LogP contribution in [0.25, 0.3) is 0 Å². The molecule has 0 bridgehead atoms. The van der Waals surface area contributed by atoms with E-state index in [1.807, 2.05) is 0 Å². The Balaban J connectivity index is 2.31. The molecule has 1 aromatic heterocycles. The standard InChI is InChI=1S/C13H17Cl2N3O4/c1-8(12(19)20)7-18(2)13(21)16-3-4-22-11-10(15)5-9(14)6-17-11/h5-6,8H,3-4,7H2,1-2H3,(H,16,21)(H,19,20). The van der Waals surface area contributed by atoms with Gasteiger partial charge in [0.15, 0.2) is 0 Å². The summed E-state index contributed by atoms with van der Waals surface area (Å²) in [6.45, 7) is 2.05. The second-order valence-electron chi connectivity index (χ2n) is 4.64. The molecule has 0 aromatic carbocycles. The number of hydrogen-bond donors (Lipinski definition) is 2. The van der Waals surface area contributed by atoms with E-state index in [-0.39, 0.29) is 36.6 Å². The summed E-state index contributed by atoms with van der Waals surface area (Å²) >= 11 is 11.6. The Morgan fingerprint density at radius 1 is 1.50 bits per heavy atom. The SMILES string of the molecule is CC(CN(C)C(=O)NCCOc1ncc(Cl)cc1Cl)C(=O)O. The number of amides is 2. The highest BCUT2D eigenvalue weighted by Gasteiger charge is 2.16. The zero-order valence-corrected chi connectivity index (χ0v) is 13.7. The summed E-state index contributed by atoms with van der Waals surface area (Å²) in [5.74, 6) is -1.36. The fourth-order valence-corrected chi connectivity index (χ4v) is 1.96. The molecule has 1 atom stereocenters. The number of hydrogen-bond acceptors (Lipinski definition) is 4. The van der Waals surface area contributed by atoms with Gasteiger partial charge in [0, 0.05) is 19.8 Å². The maximum atomic E-state index is 11.7. The van der Waals surface area contributed by atoms with E-state index in [0.29, 0.717) is 5.02 Å². The van der Waals surface area contributed by atoms with Crippen LogP contribution in [-0.4, -0.2) is 53.7 Å². The average Bonchev–Trinajstić information content (AvgIpc) is 2.44. The van der Waals surface area contributed by atoms with Crippen LogP contribution < -0.4 is 10.1 Å². The van der Waals surface area contributed by atoms with Crippen LogP contribution in [-0.2, 0) is 4.79 Å². The zero-order valence-electron chi connectivity index (χ0n) is 12.2. The van der Waals surface area contributed by atoms with Crippen molar-refractivity contribution >= 4 is 35.2 Å². The first kappa shape index (κ1) is 18.3. The van der Waals surface area contributed by atoms with Crippen molar-refractivity contribution in [1.82, 2.24) is 15.2 Å². The molecule has 22 heavy (non-hydrogen) atoms. The molecule has 1 rings (SSSR count). The molecule has 0 saturated heterocycles. The molecule has 0 aliphatic heterocycles. The predicted molar refractivity (Wildman–Crippen MR) is 82.6 cm³/mol. The van der Waals surface area contributed by atoms with Crippen LogP contribution in [0.4, 0.5) is 4.79 Å². The summed E-state index contributed by atoms with van der Waals surface area (Å²) in [4.78, 5) is 27.7. The molecule has 2 amide bonds. The molecule has 1 aromatic rings. The van der Waals surface area contributed by atoms with E-state index < -0.39 is 11.9 Å². The first-order valence-corrected chi connectivity index (χ1v) is 7.22. The molecule has 9 heteroatoms. The van der Waals surface area contributed by atoms with E-state index in [2.05, 4.69) is 10.3 Å². The quantitative estimate of drug-likeness (QED) is 0.735. The summed E-state index contributed by atoms with van der Waals surface area (Å²) in [5, 5.41) is 12.1. The van der Waals surface area contributed by atoms with Crippen LogP contribution in [0.15, 0.2) is 12.3 Å². The maximum absolute atomic E-state index is 11.7. The number of ether oxygens (including phenoxy) is 1. The molecular weight excluding hydrogens is 333 g/mol. The molecule has 1 unspecified atom stereocenters. The first-order valence-electron chi connectivity index (χ1n) is 6.47. The fourth-order valence-electron chi connectivity index (χ4n) is 1.52. The van der Waals surface area contributed by atoms with Gasteiger partial charge >= 0.3 is 12.0 Å². The van der Waals surface area contributed by atoms with Crippen molar-refractivity contribution in [3.63, 3.8) is 0 Å². The second kappa shape index (κ2) is 8.65. The highest BCUT2D eigenvalue weighted by molar-refractivity contribution is 6.35. The number of aliphatic carboxylic acids is 1. The Hall–Kier alpha value is -1.73. The van der Waals surface area contributed by atoms with E-state index >= 15 is 0 Å². The zero-order chi connectivity index (χ0) is 16.7. The lowest BCUT2D eigenvalue weighted by Crippen LogP contribution is -2.42. The van der Waals surface area contributed by atoms with Crippen molar-refractivity contribution in [1.29, 1.82) is 0 Å². The summed E-state index contributed by atoms with van der Waals surface area (Å²) in [6.07, 6.45) is 1.41. The highest BCUT2D eigenvalue weighted by Crippen LogP contribution is 2.24. The van der Waals surface area contributed by atoms with Gasteiger partial charge in [-0.05, 0) is 6.07 Å². The van der Waals surface area contributed by atoms with Crippen molar-refractivity contribution in [3.8, 4) is 5.88 Å². The summed E-state index contributed by atoms with van der Waals surface area (Å²) in [7, 11) is 1.52. The topological polar surface area (TPSA) is 91.8 Å². The summed E-state index contributed by atoms with van der Waals surface area (Å²) in [5.41, 5.74) is 0. The van der Waals surface area contributed by atoms with Gasteiger partial charge in [0.05, 0.1) is 17.5 Å². The molecule has 122 valence electrons. The molecule has 1 heterocycles. The van der Waals surface area contributed by atoms with Gasteiger partial charge in [0.2, 0.25) is 5.88 Å². The Morgan fingerprint density at radius 2 is 2.18 bits per heavy atom. The van der Waals surface area contributed by atoms with Crippen LogP contribution in [0.3, 0.4) is 0 Å². The van der Waals surface area contributed by atoms with Crippen molar-refractivity contribution in [3.05, 3.63) is 22.3 Å². The van der Waals surface area contributed by atoms with Crippen molar-refractivity contribution in [2.75, 3.05) is 26.7 Å². The lowest BCUT2D eigenvalue weighted by atomic mass is 10.2. The minimum atomic E-state index is -0.952. The molecule has 0 aliphatic rings. The number of nitrogens with one attached hydrogen (secondary N) is 1. The van der Waals surface area contributed by atoms with Crippen molar-refractivity contribution in [2.24, 2.45) is 5.92 Å². The smallest absolute Gasteiger partial charge is 0.317 e. The van der Waals surface area contributed by atoms with E-state index in [0.717, 1.165) is 0 Å². The maximum Gasteiger partial charge on any atom is 0.317 e. The van der Waals surface area contributed by atoms with Gasteiger partial charge in [-0.3, -0.25) is 4.79 Å². The normalized spacial score (nSPS) is 11.6. The monoisotopic (exact) mass is 349 g/mol. The number of carbonyl (C=O) groups is 2. The van der Waals surface area contributed by atoms with Gasteiger partial charge in [-0.25, -0.2) is 9.78 Å². The number of aromatic nitrogens is 1. The molecule has 0 radical (unpaired) electrons. The summed E-state index contributed by atoms with van der Waals surface area (Å²) < 4.78 is 5.31. The molecule has 7 nitrogen and oxygen atoms in total. The molecule has 0 aliphatic carbocycles. The average molecular weight is 350 g/mol. The number of carboxylic acids is 1. The number of pyridine rings is 1. The molecule has 2 N–H and O–H groups in total. The third kappa shape index (κ3) is 5.95. The predicted octanol–water partition coefficient (Wildman–Crippen LogP) is 2.13. The summed E-state index contributed by atoms with van der Waals surface area (Å²) in [6, 6.07) is 1.12. The van der Waals surface area contributed by atoms with Gasteiger partial charge in [-0.2, -0.15) is 0 Å². The van der Waals surface area contributed by atoms with Gasteiger partial charge in [0.1, 0.15) is 11.6 Å². The number of carbonyl (C=O) groups excluding carboxylic acids is 1. The lowest BCUT2D eigenvalue weighted by molar-refractivity contribution is -0.141.